The number of hydrogen-bond donors (Lipinski definition) is 2. The van der Waals surface area contributed by atoms with Crippen LogP contribution in [0.4, 0.5) is 5.82 Å². The lowest BCUT2D eigenvalue weighted by Gasteiger charge is -2.09. The number of hydrogen-bond acceptors (Lipinski definition) is 6. The third kappa shape index (κ3) is 1.24. The summed E-state index contributed by atoms with van der Waals surface area (Å²) in [5, 5.41) is 0. The number of rotatable bonds is 1. The number of fused-ring (bicyclic) bond motifs is 1. The maximum atomic E-state index is 5.68. The van der Waals surface area contributed by atoms with E-state index in [1.807, 2.05) is 4.57 Å². The summed E-state index contributed by atoms with van der Waals surface area (Å²) in [6.07, 6.45) is 3.92. The second kappa shape index (κ2) is 3.14. The molecule has 3 rings (SSSR count). The van der Waals surface area contributed by atoms with E-state index in [0.29, 0.717) is 17.0 Å². The van der Waals surface area contributed by atoms with Gasteiger partial charge in [0.05, 0.1) is 6.33 Å². The van der Waals surface area contributed by atoms with Gasteiger partial charge in [-0.2, -0.15) is 5.48 Å². The molecule has 1 aliphatic rings. The van der Waals surface area contributed by atoms with Gasteiger partial charge in [0.1, 0.15) is 11.8 Å². The van der Waals surface area contributed by atoms with Crippen LogP contribution >= 0.6 is 0 Å². The Bertz CT molecular complexity index is 489. The van der Waals surface area contributed by atoms with Gasteiger partial charge in [0.15, 0.2) is 17.7 Å². The first-order chi connectivity index (χ1) is 7.36. The molecule has 0 saturated carbocycles. The maximum Gasteiger partial charge on any atom is 0.167 e. The molecule has 0 radical (unpaired) electrons. The highest BCUT2D eigenvalue weighted by Gasteiger charge is 2.20. The first kappa shape index (κ1) is 8.57. The summed E-state index contributed by atoms with van der Waals surface area (Å²) in [7, 11) is 0. The molecule has 1 aliphatic heterocycles. The number of anilines is 1. The summed E-state index contributed by atoms with van der Waals surface area (Å²) < 4.78 is 1.85. The largest absolute Gasteiger partial charge is 0.382 e. The van der Waals surface area contributed by atoms with Gasteiger partial charge in [0.2, 0.25) is 0 Å². The van der Waals surface area contributed by atoms with Crippen molar-refractivity contribution in [3.05, 3.63) is 12.7 Å². The van der Waals surface area contributed by atoms with Crippen LogP contribution in [-0.2, 0) is 4.84 Å². The standard InChI is InChI=1S/C8H10N6O/c9-7-6-8(11-3-10-7)14(4-12-6)5-1-2-13-15-5/h3-5,13H,1-2H2,(H2,9,10,11)/t5-/m0/s1. The van der Waals surface area contributed by atoms with Gasteiger partial charge in [0, 0.05) is 13.0 Å². The van der Waals surface area contributed by atoms with E-state index in [4.69, 9.17) is 10.6 Å². The van der Waals surface area contributed by atoms with E-state index in [1.165, 1.54) is 6.33 Å². The van der Waals surface area contributed by atoms with Gasteiger partial charge in [-0.15, -0.1) is 0 Å². The lowest BCUT2D eigenvalue weighted by Crippen LogP contribution is -2.10. The van der Waals surface area contributed by atoms with Crippen LogP contribution in [0.5, 0.6) is 0 Å². The van der Waals surface area contributed by atoms with Gasteiger partial charge < -0.3 is 5.73 Å². The van der Waals surface area contributed by atoms with E-state index < -0.39 is 0 Å². The average Bonchev–Trinajstić information content (AvgIpc) is 2.85. The summed E-state index contributed by atoms with van der Waals surface area (Å²) in [4.78, 5) is 17.5. The molecular weight excluding hydrogens is 196 g/mol. The van der Waals surface area contributed by atoms with Crippen LogP contribution in [0.2, 0.25) is 0 Å². The van der Waals surface area contributed by atoms with Crippen molar-refractivity contribution in [3.63, 3.8) is 0 Å². The SMILES string of the molecule is Nc1ncnc2c1ncn2[C@@H]1CCNO1. The van der Waals surface area contributed by atoms with Crippen molar-refractivity contribution >= 4 is 17.0 Å². The van der Waals surface area contributed by atoms with Crippen LogP contribution in [0.25, 0.3) is 11.2 Å². The Morgan fingerprint density at radius 2 is 2.40 bits per heavy atom. The topological polar surface area (TPSA) is 90.9 Å². The van der Waals surface area contributed by atoms with Crippen molar-refractivity contribution in [1.82, 2.24) is 25.0 Å². The van der Waals surface area contributed by atoms with Gasteiger partial charge >= 0.3 is 0 Å². The van der Waals surface area contributed by atoms with Crippen molar-refractivity contribution in [2.45, 2.75) is 12.6 Å². The highest BCUT2D eigenvalue weighted by atomic mass is 16.7. The molecule has 78 valence electrons. The smallest absolute Gasteiger partial charge is 0.167 e. The predicted octanol–water partition coefficient (Wildman–Crippen LogP) is -0.168. The molecule has 3 N–H and O–H groups in total. The minimum absolute atomic E-state index is 0.0655. The molecule has 7 heteroatoms. The molecule has 0 aliphatic carbocycles. The Balaban J connectivity index is 2.15. The van der Waals surface area contributed by atoms with Crippen LogP contribution < -0.4 is 11.2 Å². The van der Waals surface area contributed by atoms with Crippen molar-refractivity contribution in [2.24, 2.45) is 0 Å². The van der Waals surface area contributed by atoms with E-state index >= 15 is 0 Å². The fourth-order valence-electron chi connectivity index (χ4n) is 1.67. The van der Waals surface area contributed by atoms with E-state index in [9.17, 15) is 0 Å². The second-order valence-electron chi connectivity index (χ2n) is 3.34. The molecule has 3 heterocycles. The van der Waals surface area contributed by atoms with E-state index in [-0.39, 0.29) is 6.23 Å². The third-order valence-electron chi connectivity index (χ3n) is 2.41. The molecule has 0 bridgehead atoms. The highest BCUT2D eigenvalue weighted by molar-refractivity contribution is 5.81. The number of nitrogen functional groups attached to an aromatic ring is 1. The zero-order valence-electron chi connectivity index (χ0n) is 7.92. The van der Waals surface area contributed by atoms with Gasteiger partial charge in [-0.1, -0.05) is 0 Å². The number of nitrogens with one attached hydrogen (secondary N) is 1. The molecule has 1 atom stereocenters. The van der Waals surface area contributed by atoms with Gasteiger partial charge in [-0.3, -0.25) is 9.40 Å². The van der Waals surface area contributed by atoms with Gasteiger partial charge in [0.25, 0.3) is 0 Å². The molecular formula is C8H10N6O. The lowest BCUT2D eigenvalue weighted by molar-refractivity contribution is -0.00712. The lowest BCUT2D eigenvalue weighted by atomic mass is 10.4. The number of nitrogens with zero attached hydrogens (tertiary/aromatic N) is 4. The molecule has 7 nitrogen and oxygen atoms in total. The summed E-state index contributed by atoms with van der Waals surface area (Å²) in [6.45, 7) is 0.824. The van der Waals surface area contributed by atoms with Gasteiger partial charge in [-0.05, 0) is 0 Å². The van der Waals surface area contributed by atoms with Crippen LogP contribution in [0, 0.1) is 0 Å². The number of imidazole rings is 1. The minimum Gasteiger partial charge on any atom is -0.382 e. The summed E-state index contributed by atoms with van der Waals surface area (Å²) in [5.74, 6) is 0.393. The van der Waals surface area contributed by atoms with Crippen molar-refractivity contribution in [3.8, 4) is 0 Å². The predicted molar refractivity (Wildman–Crippen MR) is 52.5 cm³/mol. The summed E-state index contributed by atoms with van der Waals surface area (Å²) in [5.41, 5.74) is 9.82. The van der Waals surface area contributed by atoms with Crippen LogP contribution in [0.1, 0.15) is 12.6 Å². The fourth-order valence-corrected chi connectivity index (χ4v) is 1.67. The number of aromatic nitrogens is 4. The van der Waals surface area contributed by atoms with Crippen molar-refractivity contribution in [2.75, 3.05) is 12.3 Å². The summed E-state index contributed by atoms with van der Waals surface area (Å²) in [6, 6.07) is 0. The minimum atomic E-state index is -0.0655. The highest BCUT2D eigenvalue weighted by Crippen LogP contribution is 2.22. The maximum absolute atomic E-state index is 5.68. The Hall–Kier alpha value is -1.73. The molecule has 0 aromatic carbocycles. The van der Waals surface area contributed by atoms with Crippen molar-refractivity contribution < 1.29 is 4.84 Å². The molecule has 0 amide bonds. The zero-order chi connectivity index (χ0) is 10.3. The van der Waals surface area contributed by atoms with Crippen LogP contribution in [-0.4, -0.2) is 26.1 Å². The van der Waals surface area contributed by atoms with Gasteiger partial charge in [-0.25, -0.2) is 15.0 Å². The molecule has 2 aromatic rings. The third-order valence-corrected chi connectivity index (χ3v) is 2.41. The fraction of sp³-hybridized carbons (Fsp3) is 0.375. The molecule has 0 spiro atoms. The summed E-state index contributed by atoms with van der Waals surface area (Å²) >= 11 is 0. The normalized spacial score (nSPS) is 21.2. The first-order valence-corrected chi connectivity index (χ1v) is 4.68. The monoisotopic (exact) mass is 206 g/mol. The van der Waals surface area contributed by atoms with E-state index in [2.05, 4.69) is 20.4 Å². The average molecular weight is 206 g/mol. The quantitative estimate of drug-likeness (QED) is 0.673. The Morgan fingerprint density at radius 3 is 3.20 bits per heavy atom. The zero-order valence-corrected chi connectivity index (χ0v) is 7.92. The Morgan fingerprint density at radius 1 is 1.47 bits per heavy atom. The number of hydroxylamine groups is 1. The second-order valence-corrected chi connectivity index (χ2v) is 3.34. The molecule has 2 aromatic heterocycles. The molecule has 15 heavy (non-hydrogen) atoms. The Kier molecular flexibility index (Phi) is 1.79. The van der Waals surface area contributed by atoms with Crippen molar-refractivity contribution in [1.29, 1.82) is 0 Å². The Labute approximate surface area is 85.2 Å². The van der Waals surface area contributed by atoms with Crippen LogP contribution in [0.3, 0.4) is 0 Å². The first-order valence-electron chi connectivity index (χ1n) is 4.68. The molecule has 0 unspecified atom stereocenters. The molecule has 1 saturated heterocycles. The van der Waals surface area contributed by atoms with Crippen LogP contribution in [0.15, 0.2) is 12.7 Å². The van der Waals surface area contributed by atoms with E-state index in [1.54, 1.807) is 6.33 Å². The van der Waals surface area contributed by atoms with E-state index in [0.717, 1.165) is 13.0 Å². The number of nitrogens with two attached hydrogens (primary N) is 1. The molecule has 1 fully saturated rings.